The highest BCUT2D eigenvalue weighted by atomic mass is 32.2. The lowest BCUT2D eigenvalue weighted by molar-refractivity contribution is -0.132. The van der Waals surface area contributed by atoms with Crippen molar-refractivity contribution in [3.05, 3.63) is 35.7 Å². The second kappa shape index (κ2) is 42.7. The number of hydrogen-bond acceptors (Lipinski definition) is 16. The largest absolute Gasteiger partial charge is 0.508 e. The van der Waals surface area contributed by atoms with Crippen LogP contribution >= 0.6 is 11.9 Å². The standard InChI is InChI=1S/C50H86N10O11S/c1-3-39(2)49(43(62)36-54-42(50(51)67)35-40-22-24-41(61)25-23-40)55-48(66)38-71-33-31-69-29-27-53-47(65)37-70-32-30-68-28-26-52-45(63)20-17-18-34-72-58-46(64)21-16-14-12-10-8-6-4-5-7-9-11-13-15-19-44-56-59-60-57-44/h22-25,39,42,49,54,61H,3-21,26-38H2,1-2H3,(H2,51,67)(H,52,63)(H,53,65)(H,55,66)(H,58,64)(H,56,57,59,60)/t39-,42-,49-/m0/s1. The van der Waals surface area contributed by atoms with Crippen LogP contribution in [-0.4, -0.2) is 151 Å². The first kappa shape index (κ1) is 63.4. The number of Topliss-reactive ketones (excluding diaryl/α,β-unsaturated/α-hetero) is 1. The summed E-state index contributed by atoms with van der Waals surface area (Å²) in [6.07, 6.45) is 20.2. The van der Waals surface area contributed by atoms with Crippen LogP contribution < -0.4 is 31.7 Å². The van der Waals surface area contributed by atoms with Crippen LogP contribution in [0.25, 0.3) is 0 Å². The Bertz CT molecular complexity index is 1750. The molecule has 0 aliphatic heterocycles. The number of aromatic hydroxyl groups is 1. The van der Waals surface area contributed by atoms with Gasteiger partial charge in [0.25, 0.3) is 0 Å². The van der Waals surface area contributed by atoms with Crippen LogP contribution in [0.4, 0.5) is 0 Å². The van der Waals surface area contributed by atoms with Gasteiger partial charge in [-0.05, 0) is 66.1 Å². The van der Waals surface area contributed by atoms with Gasteiger partial charge in [0.15, 0.2) is 5.78 Å². The maximum atomic E-state index is 13.1. The lowest BCUT2D eigenvalue weighted by Crippen LogP contribution is -2.52. The molecule has 5 amide bonds. The van der Waals surface area contributed by atoms with Crippen LogP contribution in [0.5, 0.6) is 5.75 Å². The van der Waals surface area contributed by atoms with Crippen LogP contribution in [0.15, 0.2) is 24.3 Å². The number of phenols is 1. The van der Waals surface area contributed by atoms with Gasteiger partial charge in [-0.15, -0.1) is 5.10 Å². The number of benzene rings is 1. The summed E-state index contributed by atoms with van der Waals surface area (Å²) >= 11 is 1.41. The fraction of sp³-hybridized carbons (Fsp3) is 0.740. The number of primary amides is 1. The van der Waals surface area contributed by atoms with E-state index < -0.39 is 23.9 Å². The molecular weight excluding hydrogens is 949 g/mol. The molecule has 22 heteroatoms. The van der Waals surface area contributed by atoms with Crippen LogP contribution in [0.2, 0.25) is 0 Å². The van der Waals surface area contributed by atoms with E-state index in [4.69, 9.17) is 24.7 Å². The number of tetrazole rings is 1. The summed E-state index contributed by atoms with van der Waals surface area (Å²) in [5.74, 6) is -0.126. The summed E-state index contributed by atoms with van der Waals surface area (Å²) in [5.41, 5.74) is 6.30. The Labute approximate surface area is 431 Å². The molecule has 2 aromatic rings. The highest BCUT2D eigenvalue weighted by Crippen LogP contribution is 2.15. The number of H-pyrrole nitrogens is 1. The van der Waals surface area contributed by atoms with E-state index in [1.807, 2.05) is 13.8 Å². The molecule has 0 saturated carbocycles. The minimum Gasteiger partial charge on any atom is -0.508 e. The Kier molecular flexibility index (Phi) is 37.6. The van der Waals surface area contributed by atoms with Gasteiger partial charge in [0.1, 0.15) is 24.8 Å². The van der Waals surface area contributed by atoms with Gasteiger partial charge in [-0.2, -0.15) is 0 Å². The van der Waals surface area contributed by atoms with E-state index in [2.05, 4.69) is 46.6 Å². The first-order valence-corrected chi connectivity index (χ1v) is 27.1. The minimum absolute atomic E-state index is 0.0477. The van der Waals surface area contributed by atoms with E-state index in [0.29, 0.717) is 32.4 Å². The molecule has 0 radical (unpaired) electrons. The number of nitrogens with one attached hydrogen (secondary N) is 6. The fourth-order valence-corrected chi connectivity index (χ4v) is 8.06. The average molecular weight is 1040 g/mol. The number of amides is 5. The van der Waals surface area contributed by atoms with Gasteiger partial charge in [-0.25, -0.2) is 5.10 Å². The third-order valence-corrected chi connectivity index (χ3v) is 12.6. The third kappa shape index (κ3) is 34.6. The summed E-state index contributed by atoms with van der Waals surface area (Å²) in [6, 6.07) is 4.71. The van der Waals surface area contributed by atoms with Crippen molar-refractivity contribution in [1.29, 1.82) is 0 Å². The van der Waals surface area contributed by atoms with E-state index in [9.17, 15) is 33.9 Å². The van der Waals surface area contributed by atoms with Crippen molar-refractivity contribution in [1.82, 2.24) is 46.6 Å². The monoisotopic (exact) mass is 1030 g/mol. The van der Waals surface area contributed by atoms with E-state index in [-0.39, 0.29) is 101 Å². The predicted octanol–water partition coefficient (Wildman–Crippen LogP) is 3.93. The van der Waals surface area contributed by atoms with Crippen LogP contribution in [0.1, 0.15) is 141 Å². The zero-order chi connectivity index (χ0) is 52.3. The van der Waals surface area contributed by atoms with Crippen molar-refractivity contribution < 1.29 is 52.8 Å². The molecular formula is C50H86N10O11S. The Morgan fingerprint density at radius 1 is 0.681 bits per heavy atom. The fourth-order valence-electron chi connectivity index (χ4n) is 7.35. The molecule has 0 bridgehead atoms. The van der Waals surface area contributed by atoms with E-state index in [1.165, 1.54) is 88.3 Å². The van der Waals surface area contributed by atoms with Gasteiger partial charge >= 0.3 is 0 Å². The minimum atomic E-state index is -0.821. The Morgan fingerprint density at radius 3 is 1.81 bits per heavy atom. The van der Waals surface area contributed by atoms with Crippen molar-refractivity contribution in [3.63, 3.8) is 0 Å². The third-order valence-electron chi connectivity index (χ3n) is 11.8. The predicted molar refractivity (Wildman–Crippen MR) is 275 cm³/mol. The highest BCUT2D eigenvalue weighted by Gasteiger charge is 2.27. The zero-order valence-corrected chi connectivity index (χ0v) is 43.8. The molecule has 408 valence electrons. The maximum absolute atomic E-state index is 13.1. The SMILES string of the molecule is CC[C@H](C)[C@H](NC(=O)COCCOCCNC(=O)COCCOCCNC(=O)CCCCSNC(=O)CCCCCCCCCCCCCCCc1nnn[nH]1)C(=O)CN[C@@H](Cc1ccc(O)cc1)C(N)=O. The summed E-state index contributed by atoms with van der Waals surface area (Å²) in [4.78, 5) is 74.1. The molecule has 9 N–H and O–H groups in total. The highest BCUT2D eigenvalue weighted by molar-refractivity contribution is 7.97. The molecule has 3 atom stereocenters. The number of rotatable bonds is 48. The van der Waals surface area contributed by atoms with Crippen LogP contribution in [-0.2, 0) is 60.6 Å². The number of carbonyl (C=O) groups excluding carboxylic acids is 6. The van der Waals surface area contributed by atoms with Gasteiger partial charge in [-0.1, -0.05) is 115 Å². The molecule has 1 heterocycles. The first-order chi connectivity index (χ1) is 35.0. The van der Waals surface area contributed by atoms with Crippen molar-refractivity contribution in [3.8, 4) is 5.75 Å². The van der Waals surface area contributed by atoms with Crippen LogP contribution in [0, 0.1) is 5.92 Å². The molecule has 0 aliphatic carbocycles. The molecule has 21 nitrogen and oxygen atoms in total. The lowest BCUT2D eigenvalue weighted by atomic mass is 9.95. The van der Waals surface area contributed by atoms with E-state index in [0.717, 1.165) is 55.7 Å². The average Bonchev–Trinajstić information content (AvgIpc) is 3.89. The molecule has 0 unspecified atom stereocenters. The van der Waals surface area contributed by atoms with E-state index >= 15 is 0 Å². The number of nitrogens with zero attached hydrogens (tertiary/aromatic N) is 3. The van der Waals surface area contributed by atoms with Gasteiger partial charge in [0.2, 0.25) is 29.5 Å². The maximum Gasteiger partial charge on any atom is 0.246 e. The molecule has 1 aromatic carbocycles. The van der Waals surface area contributed by atoms with Gasteiger partial charge < -0.3 is 50.5 Å². The van der Waals surface area contributed by atoms with Crippen molar-refractivity contribution >= 4 is 47.3 Å². The smallest absolute Gasteiger partial charge is 0.246 e. The van der Waals surface area contributed by atoms with Crippen molar-refractivity contribution in [2.45, 2.75) is 154 Å². The molecule has 0 aliphatic rings. The van der Waals surface area contributed by atoms with Gasteiger partial charge in [0.05, 0.1) is 58.3 Å². The molecule has 0 spiro atoms. The van der Waals surface area contributed by atoms with Gasteiger partial charge in [-0.3, -0.25) is 34.1 Å². The topological polar surface area (TPSA) is 300 Å². The Morgan fingerprint density at radius 2 is 1.22 bits per heavy atom. The summed E-state index contributed by atoms with van der Waals surface area (Å²) in [5, 5.41) is 34.6. The Hall–Kier alpha value is -4.74. The molecule has 1 aromatic heterocycles. The quantitative estimate of drug-likeness (QED) is 0.0344. The number of ketones is 1. The number of aromatic amines is 1. The summed E-state index contributed by atoms with van der Waals surface area (Å²) in [7, 11) is 0. The number of phenolic OH excluding ortho intramolecular Hbond substituents is 1. The number of aryl methyl sites for hydroxylation is 1. The number of nitrogens with two attached hydrogens (primary N) is 1. The first-order valence-electron chi connectivity index (χ1n) is 26.1. The summed E-state index contributed by atoms with van der Waals surface area (Å²) < 4.78 is 24.6. The number of aromatic nitrogens is 4. The molecule has 0 saturated heterocycles. The summed E-state index contributed by atoms with van der Waals surface area (Å²) in [6.45, 7) is 5.10. The normalized spacial score (nSPS) is 12.5. The van der Waals surface area contributed by atoms with Crippen molar-refractivity contribution in [2.24, 2.45) is 11.7 Å². The van der Waals surface area contributed by atoms with Crippen LogP contribution in [0.3, 0.4) is 0 Å². The van der Waals surface area contributed by atoms with Gasteiger partial charge in [0, 0.05) is 38.1 Å². The Balaban J connectivity index is 1.31. The zero-order valence-electron chi connectivity index (χ0n) is 43.0. The number of hydrogen-bond donors (Lipinski definition) is 8. The number of unbranched alkanes of at least 4 members (excludes halogenated alkanes) is 13. The number of carbonyl (C=O) groups is 6. The number of ether oxygens (including phenoxy) is 4. The molecule has 0 fully saturated rings. The second-order valence-corrected chi connectivity index (χ2v) is 18.8. The van der Waals surface area contributed by atoms with E-state index in [1.54, 1.807) is 12.1 Å². The second-order valence-electron chi connectivity index (χ2n) is 17.9. The van der Waals surface area contributed by atoms with Crippen molar-refractivity contribution in [2.75, 3.05) is 78.2 Å². The lowest BCUT2D eigenvalue weighted by Gasteiger charge is -2.24. The molecule has 72 heavy (non-hydrogen) atoms. The molecule has 2 rings (SSSR count).